The molecule has 0 aliphatic rings. The van der Waals surface area contributed by atoms with E-state index in [1.165, 1.54) is 18.2 Å². The Morgan fingerprint density at radius 2 is 1.38 bits per heavy atom. The largest absolute Gasteiger partial charge is 0.207 e. The SMILES string of the molecule is Fc1cccc(F)c1C(Br)c1ccccc1. The minimum absolute atomic E-state index is 0.0497. The van der Waals surface area contributed by atoms with Crippen molar-refractivity contribution in [3.05, 3.63) is 71.3 Å². The van der Waals surface area contributed by atoms with Gasteiger partial charge in [0.1, 0.15) is 11.6 Å². The van der Waals surface area contributed by atoms with Gasteiger partial charge in [-0.25, -0.2) is 8.78 Å². The zero-order valence-corrected chi connectivity index (χ0v) is 9.92. The minimum Gasteiger partial charge on any atom is -0.207 e. The van der Waals surface area contributed by atoms with Gasteiger partial charge in [0.25, 0.3) is 0 Å². The van der Waals surface area contributed by atoms with E-state index in [9.17, 15) is 8.78 Å². The van der Waals surface area contributed by atoms with E-state index in [1.807, 2.05) is 30.3 Å². The fourth-order valence-corrected chi connectivity index (χ4v) is 2.28. The number of alkyl halides is 1. The lowest BCUT2D eigenvalue weighted by Gasteiger charge is -2.12. The molecule has 0 aromatic heterocycles. The first-order valence-electron chi connectivity index (χ1n) is 4.83. The van der Waals surface area contributed by atoms with Gasteiger partial charge in [-0.15, -0.1) is 0 Å². The molecule has 0 N–H and O–H groups in total. The van der Waals surface area contributed by atoms with Gasteiger partial charge in [-0.2, -0.15) is 0 Å². The molecule has 2 aromatic carbocycles. The summed E-state index contributed by atoms with van der Waals surface area (Å²) in [5.74, 6) is -1.07. The maximum absolute atomic E-state index is 13.5. The molecule has 1 atom stereocenters. The second-order valence-electron chi connectivity index (χ2n) is 3.41. The van der Waals surface area contributed by atoms with E-state index >= 15 is 0 Å². The fourth-order valence-electron chi connectivity index (χ4n) is 1.54. The standard InChI is InChI=1S/C13H9BrF2/c14-13(9-5-2-1-3-6-9)12-10(15)7-4-8-11(12)16/h1-8,13H. The lowest BCUT2D eigenvalue weighted by Crippen LogP contribution is -2.00. The first kappa shape index (κ1) is 11.3. The molecule has 0 fully saturated rings. The Morgan fingerprint density at radius 1 is 0.812 bits per heavy atom. The topological polar surface area (TPSA) is 0 Å². The van der Waals surface area contributed by atoms with Crippen molar-refractivity contribution in [3.63, 3.8) is 0 Å². The average molecular weight is 283 g/mol. The minimum atomic E-state index is -0.536. The molecule has 2 aromatic rings. The van der Waals surface area contributed by atoms with Crippen LogP contribution in [0, 0.1) is 11.6 Å². The summed E-state index contributed by atoms with van der Waals surface area (Å²) >= 11 is 3.32. The van der Waals surface area contributed by atoms with E-state index in [4.69, 9.17) is 0 Å². The Morgan fingerprint density at radius 3 is 1.94 bits per heavy atom. The zero-order valence-electron chi connectivity index (χ0n) is 8.33. The van der Waals surface area contributed by atoms with E-state index in [2.05, 4.69) is 15.9 Å². The van der Waals surface area contributed by atoms with Crippen molar-refractivity contribution in [2.24, 2.45) is 0 Å². The Kier molecular flexibility index (Phi) is 3.34. The molecule has 0 saturated heterocycles. The molecule has 82 valence electrons. The lowest BCUT2D eigenvalue weighted by atomic mass is 10.0. The molecule has 0 aliphatic heterocycles. The summed E-state index contributed by atoms with van der Waals surface area (Å²) in [7, 11) is 0. The van der Waals surface area contributed by atoms with Crippen LogP contribution in [-0.2, 0) is 0 Å². The predicted molar refractivity (Wildman–Crippen MR) is 63.6 cm³/mol. The number of halogens is 3. The van der Waals surface area contributed by atoms with E-state index in [-0.39, 0.29) is 5.56 Å². The monoisotopic (exact) mass is 282 g/mol. The average Bonchev–Trinajstić information content (AvgIpc) is 2.30. The summed E-state index contributed by atoms with van der Waals surface area (Å²) in [6, 6.07) is 13.1. The third kappa shape index (κ3) is 2.14. The molecular weight excluding hydrogens is 274 g/mol. The van der Waals surface area contributed by atoms with E-state index < -0.39 is 16.5 Å². The molecule has 0 spiro atoms. The van der Waals surface area contributed by atoms with Crippen LogP contribution in [0.3, 0.4) is 0 Å². The predicted octanol–water partition coefficient (Wildman–Crippen LogP) is 4.45. The van der Waals surface area contributed by atoms with Gasteiger partial charge in [-0.05, 0) is 17.7 Å². The highest BCUT2D eigenvalue weighted by atomic mass is 79.9. The second-order valence-corrected chi connectivity index (χ2v) is 4.32. The van der Waals surface area contributed by atoms with Crippen LogP contribution in [0.1, 0.15) is 16.0 Å². The van der Waals surface area contributed by atoms with E-state index in [0.717, 1.165) is 5.56 Å². The summed E-state index contributed by atoms with van der Waals surface area (Å²) in [4.78, 5) is -0.463. The zero-order chi connectivity index (χ0) is 11.5. The summed E-state index contributed by atoms with van der Waals surface area (Å²) in [6.07, 6.45) is 0. The Labute approximate surface area is 101 Å². The molecule has 0 radical (unpaired) electrons. The Bertz CT molecular complexity index is 462. The molecule has 0 bridgehead atoms. The quantitative estimate of drug-likeness (QED) is 0.714. The van der Waals surface area contributed by atoms with Crippen LogP contribution in [0.2, 0.25) is 0 Å². The van der Waals surface area contributed by atoms with Crippen molar-refractivity contribution in [1.29, 1.82) is 0 Å². The fraction of sp³-hybridized carbons (Fsp3) is 0.0769. The normalized spacial score (nSPS) is 12.4. The van der Waals surface area contributed by atoms with Crippen LogP contribution >= 0.6 is 15.9 Å². The highest BCUT2D eigenvalue weighted by Gasteiger charge is 2.18. The van der Waals surface area contributed by atoms with Crippen molar-refractivity contribution < 1.29 is 8.78 Å². The Balaban J connectivity index is 2.46. The molecule has 0 heterocycles. The maximum atomic E-state index is 13.5. The second kappa shape index (κ2) is 4.74. The van der Waals surface area contributed by atoms with Crippen molar-refractivity contribution in [2.45, 2.75) is 4.83 Å². The van der Waals surface area contributed by atoms with E-state index in [1.54, 1.807) is 0 Å². The highest BCUT2D eigenvalue weighted by molar-refractivity contribution is 9.09. The molecule has 0 amide bonds. The molecule has 0 nitrogen and oxygen atoms in total. The molecule has 2 rings (SSSR count). The van der Waals surface area contributed by atoms with Gasteiger partial charge >= 0.3 is 0 Å². The van der Waals surface area contributed by atoms with Gasteiger partial charge < -0.3 is 0 Å². The smallest absolute Gasteiger partial charge is 0.130 e. The molecular formula is C13H9BrF2. The van der Waals surface area contributed by atoms with Crippen LogP contribution in [0.15, 0.2) is 48.5 Å². The highest BCUT2D eigenvalue weighted by Crippen LogP contribution is 2.33. The Hall–Kier alpha value is -1.22. The number of hydrogen-bond acceptors (Lipinski definition) is 0. The molecule has 0 aliphatic carbocycles. The van der Waals surface area contributed by atoms with Gasteiger partial charge in [0.05, 0.1) is 4.83 Å². The van der Waals surface area contributed by atoms with Crippen molar-refractivity contribution in [1.82, 2.24) is 0 Å². The number of benzene rings is 2. The number of rotatable bonds is 2. The molecule has 0 saturated carbocycles. The summed E-state index contributed by atoms with van der Waals surface area (Å²) < 4.78 is 27.0. The van der Waals surface area contributed by atoms with Gasteiger partial charge in [-0.3, -0.25) is 0 Å². The van der Waals surface area contributed by atoms with Gasteiger partial charge in [0.2, 0.25) is 0 Å². The molecule has 1 unspecified atom stereocenters. The first-order chi connectivity index (χ1) is 7.70. The van der Waals surface area contributed by atoms with Crippen LogP contribution < -0.4 is 0 Å². The van der Waals surface area contributed by atoms with Crippen molar-refractivity contribution in [2.75, 3.05) is 0 Å². The van der Waals surface area contributed by atoms with Gasteiger partial charge in [-0.1, -0.05) is 52.3 Å². The van der Waals surface area contributed by atoms with E-state index in [0.29, 0.717) is 0 Å². The van der Waals surface area contributed by atoms with Crippen LogP contribution in [0.25, 0.3) is 0 Å². The van der Waals surface area contributed by atoms with Gasteiger partial charge in [0.15, 0.2) is 0 Å². The van der Waals surface area contributed by atoms with Crippen LogP contribution in [0.5, 0.6) is 0 Å². The van der Waals surface area contributed by atoms with Crippen molar-refractivity contribution in [3.8, 4) is 0 Å². The van der Waals surface area contributed by atoms with Gasteiger partial charge in [0, 0.05) is 5.56 Å². The molecule has 16 heavy (non-hydrogen) atoms. The maximum Gasteiger partial charge on any atom is 0.130 e. The van der Waals surface area contributed by atoms with Crippen LogP contribution in [0.4, 0.5) is 8.78 Å². The van der Waals surface area contributed by atoms with Crippen LogP contribution in [-0.4, -0.2) is 0 Å². The third-order valence-corrected chi connectivity index (χ3v) is 3.33. The third-order valence-electron chi connectivity index (χ3n) is 2.35. The van der Waals surface area contributed by atoms with Crippen molar-refractivity contribution >= 4 is 15.9 Å². The lowest BCUT2D eigenvalue weighted by molar-refractivity contribution is 0.561. The first-order valence-corrected chi connectivity index (χ1v) is 5.74. The summed E-state index contributed by atoms with van der Waals surface area (Å²) in [5.41, 5.74) is 0.875. The summed E-state index contributed by atoms with van der Waals surface area (Å²) in [6.45, 7) is 0. The molecule has 3 heteroatoms. The number of hydrogen-bond donors (Lipinski definition) is 0. The summed E-state index contributed by atoms with van der Waals surface area (Å²) in [5, 5.41) is 0.